The lowest BCUT2D eigenvalue weighted by atomic mass is 10.1. The van der Waals surface area contributed by atoms with Gasteiger partial charge in [0.05, 0.1) is 16.8 Å². The normalized spacial score (nSPS) is 11.2. The fourth-order valence-electron chi connectivity index (χ4n) is 2.67. The van der Waals surface area contributed by atoms with Gasteiger partial charge in [-0.2, -0.15) is 5.10 Å². The van der Waals surface area contributed by atoms with Crippen LogP contribution < -0.4 is 11.3 Å². The number of nitrogens with zero attached hydrogens (tertiary/aromatic N) is 3. The van der Waals surface area contributed by atoms with Crippen molar-refractivity contribution in [3.63, 3.8) is 0 Å². The van der Waals surface area contributed by atoms with E-state index in [0.29, 0.717) is 10.9 Å². The first-order valence-corrected chi connectivity index (χ1v) is 7.90. The highest BCUT2D eigenvalue weighted by Crippen LogP contribution is 2.30. The van der Waals surface area contributed by atoms with Gasteiger partial charge in [0.1, 0.15) is 10.4 Å². The van der Waals surface area contributed by atoms with Crippen molar-refractivity contribution in [3.05, 3.63) is 58.0 Å². The van der Waals surface area contributed by atoms with Crippen LogP contribution in [0.1, 0.15) is 5.56 Å². The first kappa shape index (κ1) is 13.7. The molecule has 0 bridgehead atoms. The molecular weight excluding hydrogens is 310 g/mol. The molecule has 0 atom stereocenters. The largest absolute Gasteiger partial charge is 0.382 e. The molecule has 0 fully saturated rings. The summed E-state index contributed by atoms with van der Waals surface area (Å²) in [6.45, 7) is 1.97. The number of rotatable bonds is 2. The van der Waals surface area contributed by atoms with E-state index < -0.39 is 0 Å². The minimum atomic E-state index is -0.194. The summed E-state index contributed by atoms with van der Waals surface area (Å²) in [6.07, 6.45) is 3.53. The van der Waals surface area contributed by atoms with Gasteiger partial charge in [0.15, 0.2) is 5.82 Å². The maximum Gasteiger partial charge on any atom is 0.268 e. The molecule has 0 aliphatic heterocycles. The van der Waals surface area contributed by atoms with Gasteiger partial charge in [-0.05, 0) is 18.6 Å². The number of aryl methyl sites for hydroxylation is 1. The number of aromatic nitrogens is 4. The third-order valence-corrected chi connectivity index (χ3v) is 4.60. The molecule has 0 saturated carbocycles. The molecule has 0 aliphatic rings. The number of thiazole rings is 1. The van der Waals surface area contributed by atoms with Gasteiger partial charge >= 0.3 is 0 Å². The van der Waals surface area contributed by atoms with Crippen LogP contribution in [0.15, 0.2) is 46.8 Å². The Morgan fingerprint density at radius 1 is 1.30 bits per heavy atom. The minimum absolute atomic E-state index is 0.194. The number of nitrogens with two attached hydrogens (primary N) is 1. The smallest absolute Gasteiger partial charge is 0.268 e. The van der Waals surface area contributed by atoms with Crippen molar-refractivity contribution in [2.24, 2.45) is 0 Å². The maximum atomic E-state index is 12.9. The fourth-order valence-corrected chi connectivity index (χ4v) is 3.33. The summed E-state index contributed by atoms with van der Waals surface area (Å²) in [4.78, 5) is 17.2. The predicted octanol–water partition coefficient (Wildman–Crippen LogP) is 2.73. The first-order valence-electron chi connectivity index (χ1n) is 7.02. The van der Waals surface area contributed by atoms with Crippen LogP contribution in [0.25, 0.3) is 27.2 Å². The van der Waals surface area contributed by atoms with E-state index in [0.717, 1.165) is 21.8 Å². The number of benzene rings is 1. The molecule has 1 aromatic carbocycles. The predicted molar refractivity (Wildman–Crippen MR) is 91.9 cm³/mol. The van der Waals surface area contributed by atoms with Crippen LogP contribution in [0.4, 0.5) is 5.82 Å². The Balaban J connectivity index is 2.14. The third-order valence-electron chi connectivity index (χ3n) is 3.79. The molecule has 114 valence electrons. The molecule has 0 unspecified atom stereocenters. The zero-order valence-electron chi connectivity index (χ0n) is 12.3. The van der Waals surface area contributed by atoms with Crippen molar-refractivity contribution in [2.75, 3.05) is 5.73 Å². The molecule has 3 aromatic heterocycles. The second kappa shape index (κ2) is 5.06. The van der Waals surface area contributed by atoms with Gasteiger partial charge in [0.2, 0.25) is 0 Å². The summed E-state index contributed by atoms with van der Waals surface area (Å²) >= 11 is 1.50. The molecule has 0 aliphatic carbocycles. The molecule has 6 nitrogen and oxygen atoms in total. The van der Waals surface area contributed by atoms with E-state index in [1.54, 1.807) is 17.0 Å². The number of nitrogens with one attached hydrogen (secondary N) is 1. The Kier molecular flexibility index (Phi) is 3.02. The van der Waals surface area contributed by atoms with E-state index in [9.17, 15) is 4.79 Å². The van der Waals surface area contributed by atoms with Gasteiger partial charge in [-0.25, -0.2) is 4.98 Å². The fraction of sp³-hybridized carbons (Fsp3) is 0.0625. The van der Waals surface area contributed by atoms with Crippen LogP contribution in [0.2, 0.25) is 0 Å². The second-order valence-electron chi connectivity index (χ2n) is 5.20. The summed E-state index contributed by atoms with van der Waals surface area (Å²) in [7, 11) is 0. The van der Waals surface area contributed by atoms with E-state index in [-0.39, 0.29) is 11.4 Å². The first-order chi connectivity index (χ1) is 11.2. The molecule has 4 rings (SSSR count). The maximum absolute atomic E-state index is 12.9. The van der Waals surface area contributed by atoms with Crippen molar-refractivity contribution >= 4 is 28.1 Å². The number of nitrogen functional groups attached to an aromatic ring is 1. The molecule has 0 amide bonds. The highest BCUT2D eigenvalue weighted by Gasteiger charge is 2.18. The van der Waals surface area contributed by atoms with Crippen LogP contribution >= 0.6 is 11.3 Å². The molecule has 7 heteroatoms. The van der Waals surface area contributed by atoms with Crippen LogP contribution in [0, 0.1) is 6.92 Å². The summed E-state index contributed by atoms with van der Waals surface area (Å²) < 4.78 is 1.61. The molecule has 0 radical (unpaired) electrons. The van der Waals surface area contributed by atoms with Crippen LogP contribution in [-0.2, 0) is 0 Å². The number of hydrogen-bond donors (Lipinski definition) is 2. The van der Waals surface area contributed by atoms with Gasteiger partial charge in [0.25, 0.3) is 5.56 Å². The molecule has 0 spiro atoms. The van der Waals surface area contributed by atoms with Crippen LogP contribution in [0.5, 0.6) is 0 Å². The zero-order valence-corrected chi connectivity index (χ0v) is 13.1. The van der Waals surface area contributed by atoms with E-state index >= 15 is 0 Å². The Bertz CT molecular complexity index is 1060. The summed E-state index contributed by atoms with van der Waals surface area (Å²) in [5.74, 6) is 0.200. The van der Waals surface area contributed by atoms with E-state index in [1.807, 2.05) is 36.6 Å². The highest BCUT2D eigenvalue weighted by molar-refractivity contribution is 7.13. The number of para-hydroxylation sites is 1. The Hall–Kier alpha value is -2.93. The molecule has 0 saturated heterocycles. The van der Waals surface area contributed by atoms with E-state index in [2.05, 4.69) is 15.2 Å². The molecular formula is C16H13N5OS. The zero-order chi connectivity index (χ0) is 16.0. The number of hydrogen-bond acceptors (Lipinski definition) is 5. The highest BCUT2D eigenvalue weighted by atomic mass is 32.1. The van der Waals surface area contributed by atoms with E-state index in [1.165, 1.54) is 11.3 Å². The summed E-state index contributed by atoms with van der Waals surface area (Å²) in [5.41, 5.74) is 8.96. The lowest BCUT2D eigenvalue weighted by Gasteiger charge is -2.11. The van der Waals surface area contributed by atoms with Crippen molar-refractivity contribution in [2.45, 2.75) is 6.92 Å². The number of aromatic amines is 1. The van der Waals surface area contributed by atoms with Gasteiger partial charge < -0.3 is 5.73 Å². The van der Waals surface area contributed by atoms with Crippen molar-refractivity contribution in [1.82, 2.24) is 19.7 Å². The number of H-pyrrole nitrogens is 1. The lowest BCUT2D eigenvalue weighted by Crippen LogP contribution is -2.19. The quantitative estimate of drug-likeness (QED) is 0.593. The summed E-state index contributed by atoms with van der Waals surface area (Å²) in [5, 5.41) is 9.95. The molecule has 4 aromatic rings. The molecule has 3 heterocycles. The number of pyridine rings is 1. The third kappa shape index (κ3) is 2.05. The van der Waals surface area contributed by atoms with Gasteiger partial charge in [0, 0.05) is 17.8 Å². The molecule has 3 N–H and O–H groups in total. The average Bonchev–Trinajstić information content (AvgIpc) is 3.19. The van der Waals surface area contributed by atoms with Gasteiger partial charge in [-0.1, -0.05) is 18.2 Å². The van der Waals surface area contributed by atoms with Crippen molar-refractivity contribution in [3.8, 4) is 16.3 Å². The van der Waals surface area contributed by atoms with Crippen LogP contribution in [0.3, 0.4) is 0 Å². The van der Waals surface area contributed by atoms with E-state index in [4.69, 9.17) is 5.73 Å². The molecule has 23 heavy (non-hydrogen) atoms. The van der Waals surface area contributed by atoms with Crippen molar-refractivity contribution < 1.29 is 0 Å². The number of anilines is 1. The average molecular weight is 323 g/mol. The summed E-state index contributed by atoms with van der Waals surface area (Å²) in [6, 6.07) is 7.72. The monoisotopic (exact) mass is 323 g/mol. The number of fused-ring (bicyclic) bond motifs is 1. The van der Waals surface area contributed by atoms with Gasteiger partial charge in [-0.3, -0.25) is 14.5 Å². The Morgan fingerprint density at radius 2 is 2.13 bits per heavy atom. The SMILES string of the molecule is Cc1ccccc1-n1cc(-c2nccs2)c2[nH]nc(N)c2c1=O. The van der Waals surface area contributed by atoms with Crippen molar-refractivity contribution in [1.29, 1.82) is 0 Å². The topological polar surface area (TPSA) is 89.6 Å². The minimum Gasteiger partial charge on any atom is -0.382 e. The second-order valence-corrected chi connectivity index (χ2v) is 6.10. The Labute approximate surface area is 135 Å². The van der Waals surface area contributed by atoms with Crippen LogP contribution in [-0.4, -0.2) is 19.7 Å². The Morgan fingerprint density at radius 3 is 2.87 bits per heavy atom. The van der Waals surface area contributed by atoms with Gasteiger partial charge in [-0.15, -0.1) is 11.3 Å². The lowest BCUT2D eigenvalue weighted by molar-refractivity contribution is 0.996. The standard InChI is InChI=1S/C16H13N5OS/c1-9-4-2-3-5-11(9)21-8-10(15-18-6-7-23-15)13-12(16(21)22)14(17)20-19-13/h2-8H,1H3,(H3,17,19,20).